The van der Waals surface area contributed by atoms with Gasteiger partial charge in [-0.3, -0.25) is 5.32 Å². The number of anilines is 1. The SMILES string of the molecule is COCNC(=O)Nc1cc(C)nn1-c1ccccc1. The van der Waals surface area contributed by atoms with Gasteiger partial charge in [0.2, 0.25) is 0 Å². The number of urea groups is 1. The molecule has 0 fully saturated rings. The first-order valence-electron chi connectivity index (χ1n) is 5.86. The van der Waals surface area contributed by atoms with Crippen molar-refractivity contribution in [3.05, 3.63) is 42.1 Å². The van der Waals surface area contributed by atoms with Gasteiger partial charge in [-0.1, -0.05) is 18.2 Å². The predicted molar refractivity (Wildman–Crippen MR) is 72.3 cm³/mol. The summed E-state index contributed by atoms with van der Waals surface area (Å²) in [6.45, 7) is 2.03. The Morgan fingerprint density at radius 2 is 2.11 bits per heavy atom. The zero-order chi connectivity index (χ0) is 13.7. The van der Waals surface area contributed by atoms with Crippen molar-refractivity contribution < 1.29 is 9.53 Å². The zero-order valence-electron chi connectivity index (χ0n) is 10.9. The molecule has 0 unspecified atom stereocenters. The second-order valence-corrected chi connectivity index (χ2v) is 3.98. The molecule has 0 bridgehead atoms. The summed E-state index contributed by atoms with van der Waals surface area (Å²) in [5, 5.41) is 9.65. The van der Waals surface area contributed by atoms with Crippen LogP contribution in [0.15, 0.2) is 36.4 Å². The van der Waals surface area contributed by atoms with Crippen LogP contribution in [0.1, 0.15) is 5.69 Å². The Bertz CT molecular complexity index is 551. The molecule has 1 aromatic carbocycles. The second-order valence-electron chi connectivity index (χ2n) is 3.98. The molecule has 2 N–H and O–H groups in total. The topological polar surface area (TPSA) is 68.2 Å². The zero-order valence-corrected chi connectivity index (χ0v) is 10.9. The lowest BCUT2D eigenvalue weighted by atomic mass is 10.3. The smallest absolute Gasteiger partial charge is 0.322 e. The van der Waals surface area contributed by atoms with Crippen LogP contribution in [0.25, 0.3) is 5.69 Å². The van der Waals surface area contributed by atoms with Crippen molar-refractivity contribution in [3.63, 3.8) is 0 Å². The first-order chi connectivity index (χ1) is 9.20. The quantitative estimate of drug-likeness (QED) is 0.825. The highest BCUT2D eigenvalue weighted by molar-refractivity contribution is 5.88. The summed E-state index contributed by atoms with van der Waals surface area (Å²) in [5.41, 5.74) is 1.71. The van der Waals surface area contributed by atoms with E-state index in [1.54, 1.807) is 10.7 Å². The minimum absolute atomic E-state index is 0.157. The van der Waals surface area contributed by atoms with Crippen LogP contribution in [0, 0.1) is 6.92 Å². The van der Waals surface area contributed by atoms with E-state index in [0.29, 0.717) is 5.82 Å². The van der Waals surface area contributed by atoms with Gasteiger partial charge >= 0.3 is 6.03 Å². The van der Waals surface area contributed by atoms with Gasteiger partial charge in [-0.25, -0.2) is 9.48 Å². The summed E-state index contributed by atoms with van der Waals surface area (Å²) >= 11 is 0. The number of benzene rings is 1. The van der Waals surface area contributed by atoms with Crippen LogP contribution < -0.4 is 10.6 Å². The molecular formula is C13H16N4O2. The molecule has 0 radical (unpaired) electrons. The maximum atomic E-state index is 11.6. The van der Waals surface area contributed by atoms with Crippen LogP contribution in [-0.2, 0) is 4.74 Å². The number of amides is 2. The molecule has 0 aliphatic rings. The maximum absolute atomic E-state index is 11.6. The molecule has 2 amide bonds. The first-order valence-corrected chi connectivity index (χ1v) is 5.86. The number of rotatable bonds is 4. The van der Waals surface area contributed by atoms with E-state index in [9.17, 15) is 4.79 Å². The van der Waals surface area contributed by atoms with E-state index in [2.05, 4.69) is 15.7 Å². The van der Waals surface area contributed by atoms with Gasteiger partial charge in [-0.2, -0.15) is 5.10 Å². The van der Waals surface area contributed by atoms with Gasteiger partial charge in [0.25, 0.3) is 0 Å². The van der Waals surface area contributed by atoms with E-state index >= 15 is 0 Å². The maximum Gasteiger partial charge on any atom is 0.322 e. The highest BCUT2D eigenvalue weighted by Crippen LogP contribution is 2.16. The fraction of sp³-hybridized carbons (Fsp3) is 0.231. The average Bonchev–Trinajstić information content (AvgIpc) is 2.78. The minimum atomic E-state index is -0.334. The molecule has 0 aliphatic carbocycles. The fourth-order valence-electron chi connectivity index (χ4n) is 1.65. The first kappa shape index (κ1) is 13.1. The largest absolute Gasteiger partial charge is 0.364 e. The summed E-state index contributed by atoms with van der Waals surface area (Å²) < 4.78 is 6.46. The number of nitrogens with one attached hydrogen (secondary N) is 2. The van der Waals surface area contributed by atoms with E-state index in [0.717, 1.165) is 11.4 Å². The number of nitrogens with zero attached hydrogens (tertiary/aromatic N) is 2. The standard InChI is InChI=1S/C13H16N4O2/c1-10-8-12(15-13(18)14-9-19-2)17(16-10)11-6-4-3-5-7-11/h3-8H,9H2,1-2H3,(H2,14,15,18). The summed E-state index contributed by atoms with van der Waals surface area (Å²) in [6.07, 6.45) is 0. The van der Waals surface area contributed by atoms with Crippen LogP contribution in [-0.4, -0.2) is 29.7 Å². The van der Waals surface area contributed by atoms with Crippen LogP contribution in [0.5, 0.6) is 0 Å². The lowest BCUT2D eigenvalue weighted by Gasteiger charge is -2.09. The third-order valence-electron chi connectivity index (χ3n) is 2.45. The molecule has 0 saturated carbocycles. The Labute approximate surface area is 111 Å². The number of methoxy groups -OCH3 is 1. The van der Waals surface area contributed by atoms with E-state index in [1.807, 2.05) is 37.3 Å². The Morgan fingerprint density at radius 1 is 1.37 bits per heavy atom. The van der Waals surface area contributed by atoms with Crippen LogP contribution >= 0.6 is 0 Å². The molecule has 1 heterocycles. The third kappa shape index (κ3) is 3.32. The number of carbonyl (C=O) groups is 1. The van der Waals surface area contributed by atoms with Gasteiger partial charge in [-0.05, 0) is 19.1 Å². The molecule has 0 atom stereocenters. The van der Waals surface area contributed by atoms with Crippen molar-refractivity contribution in [3.8, 4) is 5.69 Å². The van der Waals surface area contributed by atoms with E-state index in [-0.39, 0.29) is 12.8 Å². The van der Waals surface area contributed by atoms with Gasteiger partial charge in [0.05, 0.1) is 11.4 Å². The number of aryl methyl sites for hydroxylation is 1. The van der Waals surface area contributed by atoms with Gasteiger partial charge in [0.15, 0.2) is 0 Å². The van der Waals surface area contributed by atoms with Crippen LogP contribution in [0.3, 0.4) is 0 Å². The highest BCUT2D eigenvalue weighted by Gasteiger charge is 2.10. The summed E-state index contributed by atoms with van der Waals surface area (Å²) in [5.74, 6) is 0.609. The Morgan fingerprint density at radius 3 is 2.79 bits per heavy atom. The molecular weight excluding hydrogens is 244 g/mol. The Balaban J connectivity index is 2.20. The van der Waals surface area contributed by atoms with Crippen molar-refractivity contribution in [2.24, 2.45) is 0 Å². The highest BCUT2D eigenvalue weighted by atomic mass is 16.5. The number of hydrogen-bond donors (Lipinski definition) is 2. The second kappa shape index (κ2) is 6.01. The molecule has 19 heavy (non-hydrogen) atoms. The van der Waals surface area contributed by atoms with Crippen molar-refractivity contribution in [2.45, 2.75) is 6.92 Å². The van der Waals surface area contributed by atoms with Gasteiger partial charge in [-0.15, -0.1) is 0 Å². The fourth-order valence-corrected chi connectivity index (χ4v) is 1.65. The van der Waals surface area contributed by atoms with Gasteiger partial charge in [0, 0.05) is 13.2 Å². The third-order valence-corrected chi connectivity index (χ3v) is 2.45. The van der Waals surface area contributed by atoms with E-state index < -0.39 is 0 Å². The number of para-hydroxylation sites is 1. The molecule has 6 heteroatoms. The number of hydrogen-bond acceptors (Lipinski definition) is 3. The molecule has 0 spiro atoms. The van der Waals surface area contributed by atoms with E-state index in [1.165, 1.54) is 7.11 Å². The monoisotopic (exact) mass is 260 g/mol. The molecule has 0 aliphatic heterocycles. The summed E-state index contributed by atoms with van der Waals surface area (Å²) in [4.78, 5) is 11.6. The summed E-state index contributed by atoms with van der Waals surface area (Å²) in [7, 11) is 1.51. The lowest BCUT2D eigenvalue weighted by molar-refractivity contribution is 0.177. The Kier molecular flexibility index (Phi) is 4.15. The van der Waals surface area contributed by atoms with Crippen molar-refractivity contribution in [1.82, 2.24) is 15.1 Å². The number of carbonyl (C=O) groups excluding carboxylic acids is 1. The normalized spacial score (nSPS) is 10.2. The predicted octanol–water partition coefficient (Wildman–Crippen LogP) is 1.91. The molecule has 2 aromatic rings. The van der Waals surface area contributed by atoms with Crippen molar-refractivity contribution in [1.29, 1.82) is 0 Å². The van der Waals surface area contributed by atoms with Gasteiger partial charge < -0.3 is 10.1 Å². The number of aromatic nitrogens is 2. The molecule has 100 valence electrons. The molecule has 1 aromatic heterocycles. The average molecular weight is 260 g/mol. The molecule has 2 rings (SSSR count). The molecule has 0 saturated heterocycles. The summed E-state index contributed by atoms with van der Waals surface area (Å²) in [6, 6.07) is 11.1. The van der Waals surface area contributed by atoms with Crippen LogP contribution in [0.2, 0.25) is 0 Å². The lowest BCUT2D eigenvalue weighted by Crippen LogP contribution is -2.31. The Hall–Kier alpha value is -2.34. The van der Waals surface area contributed by atoms with E-state index in [4.69, 9.17) is 4.74 Å². The minimum Gasteiger partial charge on any atom is -0.364 e. The van der Waals surface area contributed by atoms with Gasteiger partial charge in [0.1, 0.15) is 12.5 Å². The molecule has 6 nitrogen and oxygen atoms in total. The van der Waals surface area contributed by atoms with Crippen LogP contribution in [0.4, 0.5) is 10.6 Å². The van der Waals surface area contributed by atoms with Crippen molar-refractivity contribution >= 4 is 11.8 Å². The van der Waals surface area contributed by atoms with Crippen molar-refractivity contribution in [2.75, 3.05) is 19.2 Å². The number of ether oxygens (including phenoxy) is 1.